The van der Waals surface area contributed by atoms with Crippen LogP contribution in [-0.2, 0) is 4.74 Å². The van der Waals surface area contributed by atoms with Crippen molar-refractivity contribution in [2.45, 2.75) is 0 Å². The maximum atomic E-state index is 13.7. The van der Waals surface area contributed by atoms with Crippen LogP contribution in [0, 0.1) is 5.82 Å². The third-order valence-electron chi connectivity index (χ3n) is 4.15. The van der Waals surface area contributed by atoms with Crippen LogP contribution < -0.4 is 10.6 Å². The van der Waals surface area contributed by atoms with Crippen molar-refractivity contribution in [3.05, 3.63) is 35.8 Å². The van der Waals surface area contributed by atoms with Gasteiger partial charge >= 0.3 is 0 Å². The Morgan fingerprint density at radius 2 is 2.13 bits per heavy atom. The number of fused-ring (bicyclic) bond motifs is 3. The molecule has 0 radical (unpaired) electrons. The molecule has 0 unspecified atom stereocenters. The monoisotopic (exact) mass is 314 g/mol. The van der Waals surface area contributed by atoms with Gasteiger partial charge in [-0.15, -0.1) is 0 Å². The standard InChI is InChI=1S/C16H15FN4O2/c17-9-1-2-12-10(7-9)13-14(20-12)11(15(18)22)8-19-16(13)21-3-5-23-6-4-21/h1-2,7-8,20H,3-6H2,(H2,18,22). The van der Waals surface area contributed by atoms with Crippen LogP contribution in [0.3, 0.4) is 0 Å². The maximum Gasteiger partial charge on any atom is 0.252 e. The fourth-order valence-electron chi connectivity index (χ4n) is 3.05. The molecular formula is C16H15FN4O2. The Morgan fingerprint density at radius 3 is 2.87 bits per heavy atom. The Morgan fingerprint density at radius 1 is 1.35 bits per heavy atom. The third-order valence-corrected chi connectivity index (χ3v) is 4.15. The van der Waals surface area contributed by atoms with Gasteiger partial charge in [0.25, 0.3) is 5.91 Å². The van der Waals surface area contributed by atoms with Gasteiger partial charge in [0, 0.05) is 30.2 Å². The lowest BCUT2D eigenvalue weighted by atomic mass is 10.1. The summed E-state index contributed by atoms with van der Waals surface area (Å²) in [6, 6.07) is 4.48. The highest BCUT2D eigenvalue weighted by Gasteiger charge is 2.21. The van der Waals surface area contributed by atoms with Crippen molar-refractivity contribution in [1.29, 1.82) is 0 Å². The number of carbonyl (C=O) groups is 1. The second-order valence-corrected chi connectivity index (χ2v) is 5.52. The summed E-state index contributed by atoms with van der Waals surface area (Å²) in [5, 5.41) is 1.41. The molecule has 1 saturated heterocycles. The van der Waals surface area contributed by atoms with Crippen LogP contribution in [0.2, 0.25) is 0 Å². The zero-order valence-electron chi connectivity index (χ0n) is 12.3. The van der Waals surface area contributed by atoms with Gasteiger partial charge in [0.15, 0.2) is 0 Å². The van der Waals surface area contributed by atoms with E-state index in [0.717, 1.165) is 10.9 Å². The first kappa shape index (κ1) is 14.0. The van der Waals surface area contributed by atoms with Crippen molar-refractivity contribution in [2.24, 2.45) is 5.73 Å². The van der Waals surface area contributed by atoms with E-state index in [1.54, 1.807) is 6.07 Å². The number of morpholine rings is 1. The lowest BCUT2D eigenvalue weighted by Gasteiger charge is -2.28. The SMILES string of the molecule is NC(=O)c1cnc(N2CCOCC2)c2c1[nH]c1ccc(F)cc12. The van der Waals surface area contributed by atoms with E-state index in [9.17, 15) is 9.18 Å². The first-order chi connectivity index (χ1) is 11.1. The first-order valence-corrected chi connectivity index (χ1v) is 7.37. The predicted octanol–water partition coefficient (Wildman–Crippen LogP) is 1.79. The minimum atomic E-state index is -0.567. The summed E-state index contributed by atoms with van der Waals surface area (Å²) in [4.78, 5) is 21.4. The molecule has 0 spiro atoms. The number of nitrogens with zero attached hydrogens (tertiary/aromatic N) is 2. The largest absolute Gasteiger partial charge is 0.378 e. The number of pyridine rings is 1. The molecule has 1 aliphatic rings. The number of primary amides is 1. The number of ether oxygens (including phenoxy) is 1. The lowest BCUT2D eigenvalue weighted by molar-refractivity contribution is 0.100. The molecule has 0 bridgehead atoms. The normalized spacial score (nSPS) is 15.4. The van der Waals surface area contributed by atoms with E-state index in [0.29, 0.717) is 48.6 Å². The van der Waals surface area contributed by atoms with Crippen molar-refractivity contribution in [2.75, 3.05) is 31.2 Å². The Balaban J connectivity index is 2.06. The van der Waals surface area contributed by atoms with Crippen molar-refractivity contribution in [3.8, 4) is 0 Å². The Labute approximate surface area is 131 Å². The van der Waals surface area contributed by atoms with Crippen molar-refractivity contribution in [3.63, 3.8) is 0 Å². The molecule has 0 saturated carbocycles. The molecule has 1 aliphatic heterocycles. The number of benzene rings is 1. The quantitative estimate of drug-likeness (QED) is 0.755. The van der Waals surface area contributed by atoms with E-state index in [1.807, 2.05) is 0 Å². The minimum absolute atomic E-state index is 0.300. The van der Waals surface area contributed by atoms with Gasteiger partial charge < -0.3 is 20.4 Å². The topological polar surface area (TPSA) is 84.2 Å². The molecule has 118 valence electrons. The van der Waals surface area contributed by atoms with Gasteiger partial charge in [-0.05, 0) is 18.2 Å². The van der Waals surface area contributed by atoms with Crippen LogP contribution in [0.4, 0.5) is 10.2 Å². The van der Waals surface area contributed by atoms with Crippen molar-refractivity contribution < 1.29 is 13.9 Å². The first-order valence-electron chi connectivity index (χ1n) is 7.37. The molecule has 3 N–H and O–H groups in total. The summed E-state index contributed by atoms with van der Waals surface area (Å²) in [5.74, 6) is -0.191. The highest BCUT2D eigenvalue weighted by atomic mass is 19.1. The number of aromatic nitrogens is 2. The number of hydrogen-bond donors (Lipinski definition) is 2. The van der Waals surface area contributed by atoms with Gasteiger partial charge in [0.1, 0.15) is 11.6 Å². The zero-order valence-corrected chi connectivity index (χ0v) is 12.3. The van der Waals surface area contributed by atoms with Crippen LogP contribution >= 0.6 is 0 Å². The molecule has 4 rings (SSSR count). The lowest BCUT2D eigenvalue weighted by Crippen LogP contribution is -2.37. The summed E-state index contributed by atoms with van der Waals surface area (Å²) in [6.07, 6.45) is 1.47. The summed E-state index contributed by atoms with van der Waals surface area (Å²) in [7, 11) is 0. The number of halogens is 1. The number of nitrogens with two attached hydrogens (primary N) is 1. The van der Waals surface area contributed by atoms with E-state index >= 15 is 0 Å². The molecule has 0 aliphatic carbocycles. The number of aromatic amines is 1. The summed E-state index contributed by atoms with van der Waals surface area (Å²) in [5.41, 5.74) is 7.09. The van der Waals surface area contributed by atoms with Gasteiger partial charge in [-0.3, -0.25) is 4.79 Å². The van der Waals surface area contributed by atoms with Crippen LogP contribution in [0.5, 0.6) is 0 Å². The number of amides is 1. The summed E-state index contributed by atoms with van der Waals surface area (Å²) >= 11 is 0. The number of nitrogens with one attached hydrogen (secondary N) is 1. The third kappa shape index (κ3) is 2.20. The minimum Gasteiger partial charge on any atom is -0.378 e. The summed E-state index contributed by atoms with van der Waals surface area (Å²) < 4.78 is 19.1. The average molecular weight is 314 g/mol. The molecule has 23 heavy (non-hydrogen) atoms. The zero-order chi connectivity index (χ0) is 16.0. The second kappa shape index (κ2) is 5.20. The molecule has 2 aromatic heterocycles. The molecule has 3 heterocycles. The van der Waals surface area contributed by atoms with E-state index in [2.05, 4.69) is 14.9 Å². The highest BCUT2D eigenvalue weighted by Crippen LogP contribution is 2.34. The number of H-pyrrole nitrogens is 1. The van der Waals surface area contributed by atoms with Gasteiger partial charge in [-0.1, -0.05) is 0 Å². The smallest absolute Gasteiger partial charge is 0.252 e. The Kier molecular flexibility index (Phi) is 3.16. The van der Waals surface area contributed by atoms with Crippen LogP contribution in [0.1, 0.15) is 10.4 Å². The molecular weight excluding hydrogens is 299 g/mol. The molecule has 1 aromatic carbocycles. The summed E-state index contributed by atoms with van der Waals surface area (Å²) in [6.45, 7) is 2.61. The van der Waals surface area contributed by atoms with E-state index in [4.69, 9.17) is 10.5 Å². The maximum absolute atomic E-state index is 13.7. The molecule has 6 nitrogen and oxygen atoms in total. The molecule has 1 amide bonds. The number of hydrogen-bond acceptors (Lipinski definition) is 4. The van der Waals surface area contributed by atoms with Crippen molar-refractivity contribution in [1.82, 2.24) is 9.97 Å². The van der Waals surface area contributed by atoms with Gasteiger partial charge in [0.2, 0.25) is 0 Å². The van der Waals surface area contributed by atoms with E-state index in [1.165, 1.54) is 18.3 Å². The molecule has 7 heteroatoms. The number of carbonyl (C=O) groups excluding carboxylic acids is 1. The van der Waals surface area contributed by atoms with E-state index < -0.39 is 5.91 Å². The van der Waals surface area contributed by atoms with Gasteiger partial charge in [-0.25, -0.2) is 9.37 Å². The predicted molar refractivity (Wildman–Crippen MR) is 85.1 cm³/mol. The van der Waals surface area contributed by atoms with Gasteiger partial charge in [-0.2, -0.15) is 0 Å². The number of rotatable bonds is 2. The Bertz CT molecular complexity index is 915. The van der Waals surface area contributed by atoms with E-state index in [-0.39, 0.29) is 5.82 Å². The Hall–Kier alpha value is -2.67. The fourth-order valence-corrected chi connectivity index (χ4v) is 3.05. The molecule has 3 aromatic rings. The van der Waals surface area contributed by atoms with Crippen LogP contribution in [-0.4, -0.2) is 42.2 Å². The van der Waals surface area contributed by atoms with Crippen LogP contribution in [0.15, 0.2) is 24.4 Å². The fraction of sp³-hybridized carbons (Fsp3) is 0.250. The van der Waals surface area contributed by atoms with Crippen molar-refractivity contribution >= 4 is 33.5 Å². The van der Waals surface area contributed by atoms with Gasteiger partial charge in [0.05, 0.1) is 29.7 Å². The average Bonchev–Trinajstić information content (AvgIpc) is 2.93. The highest BCUT2D eigenvalue weighted by molar-refractivity contribution is 6.18. The molecule has 0 atom stereocenters. The number of anilines is 1. The molecule has 1 fully saturated rings. The van der Waals surface area contributed by atoms with Crippen LogP contribution in [0.25, 0.3) is 21.8 Å². The second-order valence-electron chi connectivity index (χ2n) is 5.52.